The van der Waals surface area contributed by atoms with Gasteiger partial charge in [0, 0.05) is 6.54 Å². The second-order valence-corrected chi connectivity index (χ2v) is 5.81. The third kappa shape index (κ3) is 5.17. The molecule has 0 saturated carbocycles. The van der Waals surface area contributed by atoms with Crippen LogP contribution in [0.2, 0.25) is 0 Å². The molecule has 1 rings (SSSR count). The van der Waals surface area contributed by atoms with Gasteiger partial charge in [-0.25, -0.2) is 4.90 Å². The maximum atomic E-state index is 9.66. The predicted octanol–water partition coefficient (Wildman–Crippen LogP) is -1.28. The third-order valence-electron chi connectivity index (χ3n) is 3.11. The molecule has 0 aromatic rings. The maximum absolute atomic E-state index is 9.66. The topological polar surface area (TPSA) is 76.0 Å². The maximum Gasteiger partial charge on any atom is 0.137 e. The van der Waals surface area contributed by atoms with Crippen molar-refractivity contribution < 1.29 is 19.8 Å². The van der Waals surface area contributed by atoms with Crippen molar-refractivity contribution in [1.82, 2.24) is 10.2 Å². The molecule has 0 radical (unpaired) electrons. The van der Waals surface area contributed by atoms with Crippen LogP contribution < -0.4 is 5.32 Å². The van der Waals surface area contributed by atoms with Gasteiger partial charge in [-0.3, -0.25) is 9.80 Å². The summed E-state index contributed by atoms with van der Waals surface area (Å²) in [5.74, 6) is 0. The van der Waals surface area contributed by atoms with Gasteiger partial charge in [-0.05, 0) is 20.8 Å². The normalized spacial score (nSPS) is 31.0. The Morgan fingerprint density at radius 1 is 1.06 bits per heavy atom. The summed E-state index contributed by atoms with van der Waals surface area (Å²) in [5.41, 5.74) is 0. The van der Waals surface area contributed by atoms with E-state index in [0.29, 0.717) is 24.1 Å². The van der Waals surface area contributed by atoms with Crippen molar-refractivity contribution in [3.63, 3.8) is 0 Å². The lowest BCUT2D eigenvalue weighted by atomic mass is 10.2. The fourth-order valence-corrected chi connectivity index (χ4v) is 2.91. The highest BCUT2D eigenvalue weighted by Crippen LogP contribution is 2.14. The quantitative estimate of drug-likeness (QED) is 0.449. The van der Waals surface area contributed by atoms with Gasteiger partial charge in [-0.15, -0.1) is 0 Å². The molecule has 1 saturated heterocycles. The van der Waals surface area contributed by atoms with Gasteiger partial charge in [0.15, 0.2) is 0 Å². The van der Waals surface area contributed by atoms with Gasteiger partial charge in [-0.2, -0.15) is 0 Å². The number of aliphatic hydroxyl groups excluding tert-OH is 3. The van der Waals surface area contributed by atoms with E-state index < -0.39 is 12.2 Å². The van der Waals surface area contributed by atoms with Crippen LogP contribution in [0.3, 0.4) is 0 Å². The van der Waals surface area contributed by atoms with E-state index in [9.17, 15) is 15.3 Å². The Balaban J connectivity index is 2.69. The number of aliphatic hydroxyl groups is 3. The average molecular weight is 262 g/mol. The van der Waals surface area contributed by atoms with Gasteiger partial charge in [-0.1, -0.05) is 0 Å². The van der Waals surface area contributed by atoms with Gasteiger partial charge >= 0.3 is 0 Å². The van der Waals surface area contributed by atoms with E-state index in [1.807, 2.05) is 0 Å². The number of rotatable bonds is 6. The minimum atomic E-state index is -0.406. The molecule has 3 unspecified atom stereocenters. The molecule has 0 aliphatic carbocycles. The Kier molecular flexibility index (Phi) is 5.97. The number of quaternary nitrogens is 1. The molecule has 4 N–H and O–H groups in total. The lowest BCUT2D eigenvalue weighted by molar-refractivity contribution is -0.950. The molecule has 1 fully saturated rings. The Bertz CT molecular complexity index is 237. The van der Waals surface area contributed by atoms with Crippen molar-refractivity contribution in [1.29, 1.82) is 0 Å². The van der Waals surface area contributed by atoms with Crippen LogP contribution in [0.1, 0.15) is 20.8 Å². The minimum absolute atomic E-state index is 0.370. The van der Waals surface area contributed by atoms with E-state index in [-0.39, 0.29) is 6.10 Å². The molecule has 0 aromatic carbocycles. The summed E-state index contributed by atoms with van der Waals surface area (Å²) >= 11 is 0. The molecule has 108 valence electrons. The first-order valence-corrected chi connectivity index (χ1v) is 6.65. The smallest absolute Gasteiger partial charge is 0.137 e. The number of hydrogen-bond acceptors (Lipinski definition) is 5. The number of β-amino-alcohol motifs (C(OH)–C–C–N with tert-alkyl or cyclic N) is 1. The first-order valence-electron chi connectivity index (χ1n) is 6.65. The summed E-state index contributed by atoms with van der Waals surface area (Å²) < 4.78 is 0.613. The molecule has 0 amide bonds. The summed E-state index contributed by atoms with van der Waals surface area (Å²) in [7, 11) is 0. The molecule has 0 spiro atoms. The Morgan fingerprint density at radius 2 is 1.61 bits per heavy atom. The second-order valence-electron chi connectivity index (χ2n) is 5.81. The molecule has 3 atom stereocenters. The Hall–Kier alpha value is -0.240. The summed E-state index contributed by atoms with van der Waals surface area (Å²) in [6, 6.07) is 0. The van der Waals surface area contributed by atoms with E-state index in [4.69, 9.17) is 0 Å². The van der Waals surface area contributed by atoms with Crippen molar-refractivity contribution in [3.05, 3.63) is 0 Å². The van der Waals surface area contributed by atoms with Crippen LogP contribution in [0.15, 0.2) is 0 Å². The predicted molar refractivity (Wildman–Crippen MR) is 69.5 cm³/mol. The second kappa shape index (κ2) is 6.79. The molecule has 0 aromatic heterocycles. The van der Waals surface area contributed by atoms with Gasteiger partial charge in [0.1, 0.15) is 38.6 Å². The van der Waals surface area contributed by atoms with Crippen LogP contribution in [-0.2, 0) is 0 Å². The third-order valence-corrected chi connectivity index (χ3v) is 3.11. The number of hydrogen-bond donors (Lipinski definition) is 4. The largest absolute Gasteiger partial charge is 0.392 e. The van der Waals surface area contributed by atoms with Crippen molar-refractivity contribution in [2.24, 2.45) is 0 Å². The summed E-state index contributed by atoms with van der Waals surface area (Å²) in [5, 5.41) is 32.1. The highest BCUT2D eigenvalue weighted by atomic mass is 16.3. The van der Waals surface area contributed by atoms with E-state index in [1.54, 1.807) is 20.8 Å². The van der Waals surface area contributed by atoms with Crippen LogP contribution in [0.25, 0.3) is 0 Å². The molecule has 1 heterocycles. The molecule has 6 nitrogen and oxygen atoms in total. The van der Waals surface area contributed by atoms with Crippen LogP contribution in [-0.4, -0.2) is 82.7 Å². The molecule has 0 bridgehead atoms. The lowest BCUT2D eigenvalue weighted by Gasteiger charge is -2.47. The molecule has 1 aliphatic heterocycles. The Labute approximate surface area is 109 Å². The van der Waals surface area contributed by atoms with Crippen LogP contribution in [0.5, 0.6) is 0 Å². The zero-order chi connectivity index (χ0) is 13.8. The van der Waals surface area contributed by atoms with Gasteiger partial charge in [0.2, 0.25) is 0 Å². The SMILES string of the molecule is CC(O)CN1CNC[N+](CC(C)O)(CC(C)O)C1. The van der Waals surface area contributed by atoms with Crippen molar-refractivity contribution in [3.8, 4) is 0 Å². The van der Waals surface area contributed by atoms with Crippen molar-refractivity contribution in [2.75, 3.05) is 39.6 Å². The van der Waals surface area contributed by atoms with E-state index >= 15 is 0 Å². The van der Waals surface area contributed by atoms with Gasteiger partial charge in [0.25, 0.3) is 0 Å². The van der Waals surface area contributed by atoms with Gasteiger partial charge < -0.3 is 15.3 Å². The molecular weight excluding hydrogens is 234 g/mol. The minimum Gasteiger partial charge on any atom is -0.392 e. The van der Waals surface area contributed by atoms with E-state index in [2.05, 4.69) is 10.2 Å². The van der Waals surface area contributed by atoms with Crippen LogP contribution in [0, 0.1) is 0 Å². The summed E-state index contributed by atoms with van der Waals surface area (Å²) in [6.45, 7) is 9.36. The number of nitrogens with one attached hydrogen (secondary N) is 1. The van der Waals surface area contributed by atoms with Gasteiger partial charge in [0.05, 0.1) is 12.8 Å². The lowest BCUT2D eigenvalue weighted by Crippen LogP contribution is -2.68. The summed E-state index contributed by atoms with van der Waals surface area (Å²) in [4.78, 5) is 2.12. The van der Waals surface area contributed by atoms with Crippen molar-refractivity contribution in [2.45, 2.75) is 39.1 Å². The van der Waals surface area contributed by atoms with Crippen LogP contribution in [0.4, 0.5) is 0 Å². The fourth-order valence-electron chi connectivity index (χ4n) is 2.91. The van der Waals surface area contributed by atoms with Crippen molar-refractivity contribution >= 4 is 0 Å². The fraction of sp³-hybridized carbons (Fsp3) is 1.00. The Morgan fingerprint density at radius 3 is 2.06 bits per heavy atom. The monoisotopic (exact) mass is 262 g/mol. The molecule has 6 heteroatoms. The van der Waals surface area contributed by atoms with E-state index in [0.717, 1.165) is 20.0 Å². The highest BCUT2D eigenvalue weighted by molar-refractivity contribution is 4.63. The molecular formula is C12H28N3O3+. The summed E-state index contributed by atoms with van der Waals surface area (Å²) in [6.07, 6.45) is -1.18. The standard InChI is InChI=1S/C12H28N3O3/c1-10(16)4-14-7-13-8-15(9-14,5-11(2)17)6-12(3)18/h10-13,16-18H,4-9H2,1-3H3/q+1. The zero-order valence-electron chi connectivity index (χ0n) is 11.7. The molecule has 18 heavy (non-hydrogen) atoms. The van der Waals surface area contributed by atoms with E-state index in [1.165, 1.54) is 0 Å². The molecule has 1 aliphatic rings. The highest BCUT2D eigenvalue weighted by Gasteiger charge is 2.36. The average Bonchev–Trinajstić information content (AvgIpc) is 2.12. The zero-order valence-corrected chi connectivity index (χ0v) is 11.7. The number of nitrogens with zero attached hydrogens (tertiary/aromatic N) is 2. The first kappa shape index (κ1) is 15.8. The first-order chi connectivity index (χ1) is 8.33. The van der Waals surface area contributed by atoms with Crippen LogP contribution >= 0.6 is 0 Å².